The quantitative estimate of drug-likeness (QED) is 0.899. The first-order chi connectivity index (χ1) is 8.24. The molecule has 1 N–H and O–H groups in total. The van der Waals surface area contributed by atoms with Gasteiger partial charge in [0.25, 0.3) is 0 Å². The smallest absolute Gasteiger partial charge is 0.193 e. The number of fused-ring (bicyclic) bond motifs is 1. The number of aliphatic hydroxyl groups is 1. The molecule has 2 atom stereocenters. The zero-order valence-corrected chi connectivity index (χ0v) is 10.0. The highest BCUT2D eigenvalue weighted by atomic mass is 35.5. The molecule has 3 rings (SSSR count). The number of aliphatic hydroxyl groups excluding tert-OH is 1. The lowest BCUT2D eigenvalue weighted by atomic mass is 9.74. The van der Waals surface area contributed by atoms with Crippen molar-refractivity contribution in [3.05, 3.63) is 58.5 Å². The van der Waals surface area contributed by atoms with Crippen LogP contribution in [0.3, 0.4) is 0 Å². The molecule has 1 heterocycles. The van der Waals surface area contributed by atoms with Gasteiger partial charge in [0.05, 0.1) is 0 Å². The summed E-state index contributed by atoms with van der Waals surface area (Å²) in [4.78, 5) is 0. The summed E-state index contributed by atoms with van der Waals surface area (Å²) in [7, 11) is 0. The number of furan rings is 1. The summed E-state index contributed by atoms with van der Waals surface area (Å²) in [5.41, 5.74) is 2.74. The van der Waals surface area contributed by atoms with Crippen molar-refractivity contribution < 1.29 is 9.52 Å². The zero-order chi connectivity index (χ0) is 11.8. The fourth-order valence-electron chi connectivity index (χ4n) is 2.47. The van der Waals surface area contributed by atoms with Crippen molar-refractivity contribution in [3.8, 4) is 0 Å². The molecule has 17 heavy (non-hydrogen) atoms. The van der Waals surface area contributed by atoms with E-state index in [-0.39, 0.29) is 0 Å². The average molecular weight is 249 g/mol. The summed E-state index contributed by atoms with van der Waals surface area (Å²) in [5, 5.41) is 10.4. The molecule has 0 radical (unpaired) electrons. The van der Waals surface area contributed by atoms with Crippen LogP contribution < -0.4 is 0 Å². The molecule has 0 fully saturated rings. The number of benzene rings is 1. The topological polar surface area (TPSA) is 33.4 Å². The predicted molar refractivity (Wildman–Crippen MR) is 66.2 cm³/mol. The molecule has 88 valence electrons. The molecule has 0 saturated heterocycles. The van der Waals surface area contributed by atoms with Gasteiger partial charge < -0.3 is 9.52 Å². The van der Waals surface area contributed by atoms with Crippen LogP contribution in [-0.2, 0) is 6.42 Å². The molecular weight excluding hydrogens is 236 g/mol. The SMILES string of the molecule is OC(CC1Cc2ccccc21)c1ccc(Cl)o1. The molecule has 2 nitrogen and oxygen atoms in total. The fourth-order valence-corrected chi connectivity index (χ4v) is 2.62. The van der Waals surface area contributed by atoms with Gasteiger partial charge in [-0.2, -0.15) is 0 Å². The number of halogens is 1. The van der Waals surface area contributed by atoms with E-state index in [1.54, 1.807) is 12.1 Å². The second-order valence-electron chi connectivity index (χ2n) is 4.49. The molecule has 0 amide bonds. The van der Waals surface area contributed by atoms with E-state index in [1.807, 2.05) is 6.07 Å². The van der Waals surface area contributed by atoms with E-state index >= 15 is 0 Å². The van der Waals surface area contributed by atoms with E-state index in [1.165, 1.54) is 11.1 Å². The highest BCUT2D eigenvalue weighted by Crippen LogP contribution is 2.40. The summed E-state index contributed by atoms with van der Waals surface area (Å²) >= 11 is 5.69. The summed E-state index contributed by atoms with van der Waals surface area (Å²) in [6, 6.07) is 11.8. The van der Waals surface area contributed by atoms with Crippen molar-refractivity contribution in [2.75, 3.05) is 0 Å². The van der Waals surface area contributed by atoms with Crippen LogP contribution >= 0.6 is 11.6 Å². The van der Waals surface area contributed by atoms with Crippen LogP contribution in [0.4, 0.5) is 0 Å². The van der Waals surface area contributed by atoms with Crippen LogP contribution in [0, 0.1) is 0 Å². The Kier molecular flexibility index (Phi) is 2.69. The standard InChI is InChI=1S/C14H13ClO2/c15-14-6-5-13(17-14)12(16)8-10-7-9-3-1-2-4-11(9)10/h1-6,10,12,16H,7-8H2. The van der Waals surface area contributed by atoms with Gasteiger partial charge >= 0.3 is 0 Å². The van der Waals surface area contributed by atoms with Crippen molar-refractivity contribution in [1.82, 2.24) is 0 Å². The summed E-state index contributed by atoms with van der Waals surface area (Å²) in [5.74, 6) is 0.990. The van der Waals surface area contributed by atoms with Gasteiger partial charge in [-0.3, -0.25) is 0 Å². The molecule has 2 aromatic rings. The lowest BCUT2D eigenvalue weighted by molar-refractivity contribution is 0.128. The highest BCUT2D eigenvalue weighted by Gasteiger charge is 2.28. The summed E-state index contributed by atoms with van der Waals surface area (Å²) < 4.78 is 5.22. The van der Waals surface area contributed by atoms with Crippen LogP contribution in [-0.4, -0.2) is 5.11 Å². The Morgan fingerprint density at radius 1 is 1.29 bits per heavy atom. The molecule has 1 aliphatic carbocycles. The minimum absolute atomic E-state index is 0.327. The molecule has 0 saturated carbocycles. The summed E-state index contributed by atoms with van der Waals surface area (Å²) in [6.07, 6.45) is 1.17. The van der Waals surface area contributed by atoms with Crippen LogP contribution in [0.2, 0.25) is 5.22 Å². The number of hydrogen-bond acceptors (Lipinski definition) is 2. The Labute approximate surface area is 105 Å². The molecule has 1 aromatic heterocycles. The maximum Gasteiger partial charge on any atom is 0.193 e. The second-order valence-corrected chi connectivity index (χ2v) is 4.87. The molecule has 1 aromatic carbocycles. The van der Waals surface area contributed by atoms with E-state index in [2.05, 4.69) is 18.2 Å². The van der Waals surface area contributed by atoms with Crippen molar-refractivity contribution in [1.29, 1.82) is 0 Å². The predicted octanol–water partition coefficient (Wildman–Crippen LogP) is 3.70. The lowest BCUT2D eigenvalue weighted by Crippen LogP contribution is -2.19. The molecule has 0 bridgehead atoms. The Morgan fingerprint density at radius 2 is 2.12 bits per heavy atom. The van der Waals surface area contributed by atoms with Gasteiger partial charge in [-0.15, -0.1) is 0 Å². The first-order valence-corrected chi connectivity index (χ1v) is 6.13. The summed E-state index contributed by atoms with van der Waals surface area (Å²) in [6.45, 7) is 0. The van der Waals surface area contributed by atoms with Crippen LogP contribution in [0.25, 0.3) is 0 Å². The van der Waals surface area contributed by atoms with Crippen molar-refractivity contribution in [3.63, 3.8) is 0 Å². The van der Waals surface area contributed by atoms with Gasteiger partial charge in [-0.1, -0.05) is 24.3 Å². The van der Waals surface area contributed by atoms with E-state index in [9.17, 15) is 5.11 Å². The molecule has 1 aliphatic rings. The van der Waals surface area contributed by atoms with Gasteiger partial charge in [0, 0.05) is 0 Å². The van der Waals surface area contributed by atoms with Gasteiger partial charge in [0.1, 0.15) is 11.9 Å². The van der Waals surface area contributed by atoms with Gasteiger partial charge in [0.15, 0.2) is 5.22 Å². The zero-order valence-electron chi connectivity index (χ0n) is 9.27. The van der Waals surface area contributed by atoms with E-state index in [4.69, 9.17) is 16.0 Å². The second kappa shape index (κ2) is 4.21. The largest absolute Gasteiger partial charge is 0.447 e. The highest BCUT2D eigenvalue weighted by molar-refractivity contribution is 6.28. The van der Waals surface area contributed by atoms with Crippen LogP contribution in [0.5, 0.6) is 0 Å². The van der Waals surface area contributed by atoms with Crippen molar-refractivity contribution in [2.45, 2.75) is 24.9 Å². The maximum absolute atomic E-state index is 10.0. The third-order valence-electron chi connectivity index (χ3n) is 3.39. The van der Waals surface area contributed by atoms with E-state index in [0.29, 0.717) is 23.3 Å². The van der Waals surface area contributed by atoms with Gasteiger partial charge in [0.2, 0.25) is 0 Å². The number of hydrogen-bond donors (Lipinski definition) is 1. The van der Waals surface area contributed by atoms with Gasteiger partial charge in [-0.25, -0.2) is 0 Å². The average Bonchev–Trinajstić information content (AvgIpc) is 2.73. The molecule has 0 spiro atoms. The molecule has 2 unspecified atom stereocenters. The van der Waals surface area contributed by atoms with Crippen molar-refractivity contribution >= 4 is 11.6 Å². The van der Waals surface area contributed by atoms with Crippen LogP contribution in [0.1, 0.15) is 35.3 Å². The monoisotopic (exact) mass is 248 g/mol. The number of rotatable bonds is 3. The van der Waals surface area contributed by atoms with Crippen molar-refractivity contribution in [2.24, 2.45) is 0 Å². The minimum atomic E-state index is -0.569. The normalized spacial score (nSPS) is 19.5. The fraction of sp³-hybridized carbons (Fsp3) is 0.286. The Balaban J connectivity index is 1.70. The Hall–Kier alpha value is -1.25. The van der Waals surface area contributed by atoms with Crippen LogP contribution in [0.15, 0.2) is 40.8 Å². The van der Waals surface area contributed by atoms with E-state index in [0.717, 1.165) is 6.42 Å². The first kappa shape index (κ1) is 10.9. The lowest BCUT2D eigenvalue weighted by Gasteiger charge is -2.31. The van der Waals surface area contributed by atoms with E-state index < -0.39 is 6.10 Å². The Bertz CT molecular complexity index is 533. The third-order valence-corrected chi connectivity index (χ3v) is 3.59. The maximum atomic E-state index is 10.0. The minimum Gasteiger partial charge on any atom is -0.447 e. The molecule has 0 aliphatic heterocycles. The third kappa shape index (κ3) is 1.99. The molecule has 3 heteroatoms. The Morgan fingerprint density at radius 3 is 2.82 bits per heavy atom. The first-order valence-electron chi connectivity index (χ1n) is 5.75. The van der Waals surface area contributed by atoms with Gasteiger partial charge in [-0.05, 0) is 53.6 Å². The molecular formula is C14H13ClO2.